The fourth-order valence-electron chi connectivity index (χ4n) is 4.18. The SMILES string of the molecule is Cn1nnnc1SCC1=C(C(=O)O)N2C(=O)C(NC(=O)Cc3ccccc3C(N)C(=O)OC(C)(C)C)[C@H]2SC1. The van der Waals surface area contributed by atoms with Crippen LogP contribution in [0.4, 0.5) is 0 Å². The fraction of sp³-hybridized carbons (Fsp3) is 0.458. The minimum Gasteiger partial charge on any atom is -0.477 e. The number of benzene rings is 1. The number of rotatable bonds is 9. The summed E-state index contributed by atoms with van der Waals surface area (Å²) in [6.07, 6.45) is -0.122. The molecule has 0 bridgehead atoms. The van der Waals surface area contributed by atoms with Crippen molar-refractivity contribution in [1.29, 1.82) is 0 Å². The quantitative estimate of drug-likeness (QED) is 0.216. The van der Waals surface area contributed by atoms with Crippen LogP contribution in [0.15, 0.2) is 40.7 Å². The molecule has 2 unspecified atom stereocenters. The lowest BCUT2D eigenvalue weighted by Gasteiger charge is -2.49. The van der Waals surface area contributed by atoms with Gasteiger partial charge >= 0.3 is 11.9 Å². The smallest absolute Gasteiger partial charge is 0.352 e. The number of esters is 1. The van der Waals surface area contributed by atoms with Gasteiger partial charge in [0.05, 0.1) is 6.42 Å². The van der Waals surface area contributed by atoms with Gasteiger partial charge in [-0.25, -0.2) is 14.3 Å². The molecule has 39 heavy (non-hydrogen) atoms. The highest BCUT2D eigenvalue weighted by Crippen LogP contribution is 2.41. The highest BCUT2D eigenvalue weighted by atomic mass is 32.2. The largest absolute Gasteiger partial charge is 0.477 e. The van der Waals surface area contributed by atoms with Gasteiger partial charge < -0.3 is 20.9 Å². The van der Waals surface area contributed by atoms with Gasteiger partial charge in [0, 0.05) is 18.6 Å². The van der Waals surface area contributed by atoms with E-state index in [-0.39, 0.29) is 12.1 Å². The van der Waals surface area contributed by atoms with E-state index in [1.54, 1.807) is 52.1 Å². The molecule has 1 aromatic carbocycles. The molecule has 0 radical (unpaired) electrons. The number of nitrogens with two attached hydrogens (primary N) is 1. The van der Waals surface area contributed by atoms with E-state index in [2.05, 4.69) is 20.8 Å². The number of fused-ring (bicyclic) bond motifs is 1. The van der Waals surface area contributed by atoms with E-state index >= 15 is 0 Å². The number of hydrogen-bond donors (Lipinski definition) is 3. The van der Waals surface area contributed by atoms with Crippen LogP contribution < -0.4 is 11.1 Å². The third-order valence-electron chi connectivity index (χ3n) is 5.92. The molecule has 208 valence electrons. The van der Waals surface area contributed by atoms with Crippen LogP contribution in [0.1, 0.15) is 37.9 Å². The maximum Gasteiger partial charge on any atom is 0.352 e. The van der Waals surface area contributed by atoms with E-state index in [0.717, 1.165) is 0 Å². The normalized spacial score (nSPS) is 19.7. The number of carboxylic acids is 1. The number of amides is 2. The molecule has 4 N–H and O–H groups in total. The average Bonchev–Trinajstić information content (AvgIpc) is 3.28. The Hall–Kier alpha value is -3.43. The first-order valence-electron chi connectivity index (χ1n) is 12.0. The first-order valence-corrected chi connectivity index (χ1v) is 14.0. The van der Waals surface area contributed by atoms with Crippen LogP contribution in [-0.4, -0.2) is 82.5 Å². The summed E-state index contributed by atoms with van der Waals surface area (Å²) in [6, 6.07) is 4.82. The van der Waals surface area contributed by atoms with Crippen LogP contribution in [0, 0.1) is 0 Å². The second-order valence-electron chi connectivity index (χ2n) is 9.97. The summed E-state index contributed by atoms with van der Waals surface area (Å²) in [7, 11) is 1.68. The summed E-state index contributed by atoms with van der Waals surface area (Å²) in [5.41, 5.74) is 6.89. The van der Waals surface area contributed by atoms with E-state index in [1.807, 2.05) is 0 Å². The molecule has 0 saturated carbocycles. The van der Waals surface area contributed by atoms with Crippen molar-refractivity contribution in [2.75, 3.05) is 11.5 Å². The van der Waals surface area contributed by atoms with Gasteiger partial charge in [0.1, 0.15) is 28.8 Å². The zero-order valence-electron chi connectivity index (χ0n) is 21.8. The lowest BCUT2D eigenvalue weighted by atomic mass is 9.97. The molecule has 13 nitrogen and oxygen atoms in total. The van der Waals surface area contributed by atoms with Gasteiger partial charge in [-0.3, -0.25) is 14.5 Å². The Bertz CT molecular complexity index is 1340. The predicted molar refractivity (Wildman–Crippen MR) is 142 cm³/mol. The van der Waals surface area contributed by atoms with Gasteiger partial charge in [-0.15, -0.1) is 16.9 Å². The summed E-state index contributed by atoms with van der Waals surface area (Å²) < 4.78 is 6.85. The van der Waals surface area contributed by atoms with Gasteiger partial charge in [-0.2, -0.15) is 0 Å². The van der Waals surface area contributed by atoms with Crippen LogP contribution >= 0.6 is 23.5 Å². The van der Waals surface area contributed by atoms with Crippen molar-refractivity contribution in [2.45, 2.75) is 55.4 Å². The molecule has 1 saturated heterocycles. The summed E-state index contributed by atoms with van der Waals surface area (Å²) in [5.74, 6) is -2.11. The van der Waals surface area contributed by atoms with Crippen molar-refractivity contribution in [3.63, 3.8) is 0 Å². The molecular weight excluding hydrogens is 546 g/mol. The Kier molecular flexibility index (Phi) is 8.32. The molecule has 0 spiro atoms. The number of thioether (sulfide) groups is 2. The van der Waals surface area contributed by atoms with Crippen molar-refractivity contribution in [1.82, 2.24) is 30.4 Å². The average molecular weight is 576 g/mol. The zero-order valence-corrected chi connectivity index (χ0v) is 23.4. The van der Waals surface area contributed by atoms with E-state index < -0.39 is 46.8 Å². The van der Waals surface area contributed by atoms with Crippen LogP contribution in [0.2, 0.25) is 0 Å². The van der Waals surface area contributed by atoms with E-state index in [1.165, 1.54) is 33.1 Å². The number of β-lactam (4-membered cyclic amide) rings is 1. The number of carbonyl (C=O) groups excluding carboxylic acids is 3. The molecule has 3 atom stereocenters. The third kappa shape index (κ3) is 6.25. The number of carboxylic acid groups (broad SMARTS) is 1. The van der Waals surface area contributed by atoms with Gasteiger partial charge in [-0.1, -0.05) is 36.0 Å². The molecule has 1 aromatic heterocycles. The van der Waals surface area contributed by atoms with Gasteiger partial charge in [0.25, 0.3) is 5.91 Å². The van der Waals surface area contributed by atoms with Crippen molar-refractivity contribution < 1.29 is 29.0 Å². The van der Waals surface area contributed by atoms with Crippen LogP contribution in [0.3, 0.4) is 0 Å². The number of nitrogens with zero attached hydrogens (tertiary/aromatic N) is 5. The minimum atomic E-state index is -1.21. The van der Waals surface area contributed by atoms with Gasteiger partial charge in [0.2, 0.25) is 11.1 Å². The summed E-state index contributed by atoms with van der Waals surface area (Å²) in [6.45, 7) is 5.21. The molecule has 2 amide bonds. The number of hydrogen-bond acceptors (Lipinski definition) is 11. The topological polar surface area (TPSA) is 183 Å². The number of aliphatic carboxylic acids is 1. The van der Waals surface area contributed by atoms with Gasteiger partial charge in [0.15, 0.2) is 0 Å². The Morgan fingerprint density at radius 1 is 1.31 bits per heavy atom. The second kappa shape index (κ2) is 11.4. The molecule has 4 rings (SSSR count). The number of tetrazole rings is 1. The highest BCUT2D eigenvalue weighted by Gasteiger charge is 2.54. The van der Waals surface area contributed by atoms with Gasteiger partial charge in [-0.05, 0) is 47.9 Å². The number of aromatic nitrogens is 4. The maximum atomic E-state index is 13.0. The fourth-order valence-corrected chi connectivity index (χ4v) is 6.51. The molecule has 2 aliphatic rings. The summed E-state index contributed by atoms with van der Waals surface area (Å²) in [5, 5.41) is 23.8. The Morgan fingerprint density at radius 2 is 2.03 bits per heavy atom. The number of aryl methyl sites for hydroxylation is 1. The molecular formula is C24H29N7O6S2. The lowest BCUT2D eigenvalue weighted by molar-refractivity contribution is -0.156. The van der Waals surface area contributed by atoms with E-state index in [9.17, 15) is 24.3 Å². The number of ether oxygens (including phenoxy) is 1. The molecule has 0 aliphatic carbocycles. The van der Waals surface area contributed by atoms with Crippen molar-refractivity contribution in [3.05, 3.63) is 46.7 Å². The van der Waals surface area contributed by atoms with Crippen LogP contribution in [0.25, 0.3) is 0 Å². The molecule has 15 heteroatoms. The molecule has 2 aromatic rings. The molecule has 3 heterocycles. The molecule has 1 fully saturated rings. The van der Waals surface area contributed by atoms with Crippen molar-refractivity contribution in [3.8, 4) is 0 Å². The minimum absolute atomic E-state index is 0.0782. The monoisotopic (exact) mass is 575 g/mol. The third-order valence-corrected chi connectivity index (χ3v) is 8.36. The predicted octanol–water partition coefficient (Wildman–Crippen LogP) is 0.625. The van der Waals surface area contributed by atoms with Crippen LogP contribution in [-0.2, 0) is 37.4 Å². The summed E-state index contributed by atoms with van der Waals surface area (Å²) in [4.78, 5) is 51.8. The standard InChI is InChI=1S/C24H29N7O6S2/c1-24(2,3)37-22(36)16(25)14-8-6-5-7-12(14)9-15(32)26-17-19(33)31-18(21(34)35)13(10-38-20(17)31)11-39-23-27-28-29-30(23)4/h5-8,16-17,20H,9-11,25H2,1-4H3,(H,26,32)(H,34,35)/t16?,17?,20-/m1/s1. The first-order chi connectivity index (χ1) is 18.4. The van der Waals surface area contributed by atoms with Crippen LogP contribution in [0.5, 0.6) is 0 Å². The van der Waals surface area contributed by atoms with E-state index in [0.29, 0.717) is 33.4 Å². The Balaban J connectivity index is 1.42. The zero-order chi connectivity index (χ0) is 28.5. The second-order valence-corrected chi connectivity index (χ2v) is 12.0. The first kappa shape index (κ1) is 28.6. The summed E-state index contributed by atoms with van der Waals surface area (Å²) >= 11 is 2.65. The number of nitrogens with one attached hydrogen (secondary N) is 1. The Labute approximate surface area is 232 Å². The molecule has 2 aliphatic heterocycles. The highest BCUT2D eigenvalue weighted by molar-refractivity contribution is 8.01. The lowest BCUT2D eigenvalue weighted by Crippen LogP contribution is -2.70. The number of carbonyl (C=O) groups is 4. The van der Waals surface area contributed by atoms with E-state index in [4.69, 9.17) is 10.5 Å². The maximum absolute atomic E-state index is 13.0. The van der Waals surface area contributed by atoms with Crippen molar-refractivity contribution >= 4 is 47.3 Å². The Morgan fingerprint density at radius 3 is 2.67 bits per heavy atom. The van der Waals surface area contributed by atoms with Crippen molar-refractivity contribution in [2.24, 2.45) is 12.8 Å².